The topological polar surface area (TPSA) is 119 Å². The van der Waals surface area contributed by atoms with Crippen molar-refractivity contribution in [1.82, 2.24) is 14.9 Å². The number of hydrogen-bond acceptors (Lipinski definition) is 7. The van der Waals surface area contributed by atoms with Crippen LogP contribution in [0.4, 0.5) is 5.82 Å². The maximum Gasteiger partial charge on any atom is 0.326 e. The fraction of sp³-hybridized carbons (Fsp3) is 0.467. The fourth-order valence-corrected chi connectivity index (χ4v) is 3.47. The highest BCUT2D eigenvalue weighted by molar-refractivity contribution is 7.51. The quantitative estimate of drug-likeness (QED) is 0.653. The summed E-state index contributed by atoms with van der Waals surface area (Å²) in [5, 5.41) is 10.7. The first-order chi connectivity index (χ1) is 11.9. The zero-order valence-electron chi connectivity index (χ0n) is 13.9. The number of anilines is 1. The number of aromatic nitrogens is 2. The Morgan fingerprint density at radius 2 is 1.92 bits per heavy atom. The molecule has 1 aromatic carbocycles. The van der Waals surface area contributed by atoms with Gasteiger partial charge in [-0.15, -0.1) is 0 Å². The van der Waals surface area contributed by atoms with Crippen molar-refractivity contribution in [2.75, 3.05) is 50.9 Å². The molecule has 1 aliphatic heterocycles. The van der Waals surface area contributed by atoms with E-state index in [-0.39, 0.29) is 11.9 Å². The van der Waals surface area contributed by atoms with Gasteiger partial charge in [-0.2, -0.15) is 0 Å². The molecule has 1 saturated heterocycles. The number of phenolic OH excluding ortho intramolecular Hbond substituents is 1. The first-order valence-electron chi connectivity index (χ1n) is 7.91. The van der Waals surface area contributed by atoms with Crippen LogP contribution < -0.4 is 9.64 Å². The van der Waals surface area contributed by atoms with Gasteiger partial charge in [-0.25, -0.2) is 9.97 Å². The van der Waals surface area contributed by atoms with Crippen LogP contribution in [-0.4, -0.2) is 75.8 Å². The number of phenols is 1. The van der Waals surface area contributed by atoms with Crippen LogP contribution in [0.15, 0.2) is 18.5 Å². The van der Waals surface area contributed by atoms with Gasteiger partial charge in [0, 0.05) is 44.2 Å². The molecule has 1 aliphatic rings. The lowest BCUT2D eigenvalue weighted by Gasteiger charge is -2.35. The number of ether oxygens (including phenoxy) is 1. The molecule has 0 atom stereocenters. The molecule has 0 unspecified atom stereocenters. The van der Waals surface area contributed by atoms with Crippen LogP contribution in [-0.2, 0) is 4.57 Å². The van der Waals surface area contributed by atoms with E-state index in [2.05, 4.69) is 14.9 Å². The summed E-state index contributed by atoms with van der Waals surface area (Å²) in [5.74, 6) is 1.16. The third-order valence-corrected chi connectivity index (χ3v) is 5.08. The molecule has 10 heteroatoms. The highest BCUT2D eigenvalue weighted by Gasteiger charge is 2.22. The van der Waals surface area contributed by atoms with E-state index in [0.29, 0.717) is 44.0 Å². The summed E-state index contributed by atoms with van der Waals surface area (Å²) < 4.78 is 16.2. The molecule has 2 heterocycles. The van der Waals surface area contributed by atoms with Crippen molar-refractivity contribution in [1.29, 1.82) is 0 Å². The zero-order valence-corrected chi connectivity index (χ0v) is 14.8. The third-order valence-electron chi connectivity index (χ3n) is 4.29. The summed E-state index contributed by atoms with van der Waals surface area (Å²) in [7, 11) is -2.48. The van der Waals surface area contributed by atoms with E-state index in [1.54, 1.807) is 12.1 Å². The lowest BCUT2D eigenvalue weighted by atomic mass is 10.2. The molecule has 0 bridgehead atoms. The smallest absolute Gasteiger partial charge is 0.326 e. The zero-order chi connectivity index (χ0) is 18.0. The van der Waals surface area contributed by atoms with Crippen LogP contribution in [0.2, 0.25) is 0 Å². The highest BCUT2D eigenvalue weighted by atomic mass is 31.2. The van der Waals surface area contributed by atoms with Crippen LogP contribution in [0.3, 0.4) is 0 Å². The Kier molecular flexibility index (Phi) is 5.10. The molecule has 136 valence electrons. The monoisotopic (exact) mass is 368 g/mol. The summed E-state index contributed by atoms with van der Waals surface area (Å²) in [6.45, 7) is 3.15. The Balaban J connectivity index is 1.76. The first-order valence-corrected chi connectivity index (χ1v) is 9.71. The number of piperazine rings is 1. The predicted molar refractivity (Wildman–Crippen MR) is 93.3 cm³/mol. The van der Waals surface area contributed by atoms with Crippen molar-refractivity contribution >= 4 is 24.3 Å². The molecule has 3 N–H and O–H groups in total. The Hall–Kier alpha value is -1.93. The molecule has 0 aliphatic carbocycles. The molecule has 0 amide bonds. The van der Waals surface area contributed by atoms with Gasteiger partial charge in [0.2, 0.25) is 0 Å². The van der Waals surface area contributed by atoms with Crippen LogP contribution >= 0.6 is 7.60 Å². The minimum atomic E-state index is -3.97. The number of benzene rings is 1. The van der Waals surface area contributed by atoms with Crippen LogP contribution in [0.25, 0.3) is 10.9 Å². The van der Waals surface area contributed by atoms with Gasteiger partial charge in [0.1, 0.15) is 12.1 Å². The van der Waals surface area contributed by atoms with Gasteiger partial charge in [-0.3, -0.25) is 9.46 Å². The molecule has 9 nitrogen and oxygen atoms in total. The van der Waals surface area contributed by atoms with Crippen molar-refractivity contribution in [3.05, 3.63) is 18.5 Å². The van der Waals surface area contributed by atoms with Gasteiger partial charge >= 0.3 is 7.60 Å². The van der Waals surface area contributed by atoms with E-state index in [1.807, 2.05) is 4.90 Å². The number of fused-ring (bicyclic) bond motifs is 1. The highest BCUT2D eigenvalue weighted by Crippen LogP contribution is 2.35. The molecule has 1 aromatic heterocycles. The molecule has 3 rings (SSSR count). The van der Waals surface area contributed by atoms with Crippen molar-refractivity contribution in [2.24, 2.45) is 0 Å². The molecule has 25 heavy (non-hydrogen) atoms. The van der Waals surface area contributed by atoms with E-state index < -0.39 is 7.60 Å². The van der Waals surface area contributed by atoms with E-state index in [4.69, 9.17) is 14.5 Å². The van der Waals surface area contributed by atoms with E-state index in [1.165, 1.54) is 13.4 Å². The van der Waals surface area contributed by atoms with Crippen molar-refractivity contribution in [3.63, 3.8) is 0 Å². The SMILES string of the molecule is COc1cc2c(N3CCN(CCP(=O)(O)O)CC3)ncnc2cc1O. The number of hydrogen-bond donors (Lipinski definition) is 3. The van der Waals surface area contributed by atoms with E-state index in [9.17, 15) is 9.67 Å². The molecular weight excluding hydrogens is 347 g/mol. The summed E-state index contributed by atoms with van der Waals surface area (Å²) in [5.41, 5.74) is 0.632. The normalized spacial score (nSPS) is 16.4. The van der Waals surface area contributed by atoms with Crippen molar-refractivity contribution in [2.45, 2.75) is 0 Å². The number of methoxy groups -OCH3 is 1. The third kappa shape index (κ3) is 4.19. The van der Waals surface area contributed by atoms with Gasteiger partial charge < -0.3 is 24.5 Å². The number of rotatable bonds is 5. The van der Waals surface area contributed by atoms with Gasteiger partial charge in [-0.1, -0.05) is 0 Å². The predicted octanol–water partition coefficient (Wildman–Crippen LogP) is 0.644. The van der Waals surface area contributed by atoms with Crippen molar-refractivity contribution < 1.29 is 24.2 Å². The van der Waals surface area contributed by atoms with Crippen LogP contribution in [0.5, 0.6) is 11.5 Å². The van der Waals surface area contributed by atoms with Gasteiger partial charge in [-0.05, 0) is 6.07 Å². The molecule has 0 saturated carbocycles. The second-order valence-electron chi connectivity index (χ2n) is 5.96. The van der Waals surface area contributed by atoms with Gasteiger partial charge in [0.05, 0.1) is 18.8 Å². The van der Waals surface area contributed by atoms with Gasteiger partial charge in [0.25, 0.3) is 0 Å². The summed E-state index contributed by atoms with van der Waals surface area (Å²) in [4.78, 5) is 30.7. The molecule has 1 fully saturated rings. The van der Waals surface area contributed by atoms with E-state index in [0.717, 1.165) is 11.2 Å². The molecular formula is C15H21N4O5P. The van der Waals surface area contributed by atoms with Crippen LogP contribution in [0, 0.1) is 0 Å². The average Bonchev–Trinajstić information content (AvgIpc) is 2.58. The van der Waals surface area contributed by atoms with E-state index >= 15 is 0 Å². The standard InChI is InChI=1S/C15H21N4O5P/c1-24-14-8-11-12(9-13(14)20)16-10-17-15(11)19-4-2-18(3-5-19)6-7-25(21,22)23/h8-10,20H,2-7H2,1H3,(H2,21,22,23). The summed E-state index contributed by atoms with van der Waals surface area (Å²) in [6, 6.07) is 3.27. The summed E-state index contributed by atoms with van der Waals surface area (Å²) in [6.07, 6.45) is 1.34. The largest absolute Gasteiger partial charge is 0.504 e. The Bertz CT molecular complexity index is 804. The minimum absolute atomic E-state index is 0.0295. The second-order valence-corrected chi connectivity index (χ2v) is 7.73. The number of aromatic hydroxyl groups is 1. The Labute approximate surface area is 145 Å². The second kappa shape index (κ2) is 7.13. The maximum atomic E-state index is 11.0. The van der Waals surface area contributed by atoms with Gasteiger partial charge in [0.15, 0.2) is 11.5 Å². The fourth-order valence-electron chi connectivity index (χ4n) is 2.93. The number of nitrogens with zero attached hydrogens (tertiary/aromatic N) is 4. The molecule has 2 aromatic rings. The minimum Gasteiger partial charge on any atom is -0.504 e. The lowest BCUT2D eigenvalue weighted by molar-refractivity contribution is 0.264. The lowest BCUT2D eigenvalue weighted by Crippen LogP contribution is -2.47. The van der Waals surface area contributed by atoms with Crippen molar-refractivity contribution in [3.8, 4) is 11.5 Å². The van der Waals surface area contributed by atoms with Crippen LogP contribution in [0.1, 0.15) is 0 Å². The summed E-state index contributed by atoms with van der Waals surface area (Å²) >= 11 is 0. The first kappa shape index (κ1) is 17.9. The Morgan fingerprint density at radius 3 is 2.56 bits per heavy atom. The Morgan fingerprint density at radius 1 is 1.20 bits per heavy atom. The molecule has 0 radical (unpaired) electrons. The average molecular weight is 368 g/mol. The molecule has 0 spiro atoms. The maximum absolute atomic E-state index is 11.0.